The molecule has 2 aliphatic carbocycles. The molecule has 4 heteroatoms. The van der Waals surface area contributed by atoms with Gasteiger partial charge in [0.05, 0.1) is 6.04 Å². The second-order valence-electron chi connectivity index (χ2n) is 13.1. The van der Waals surface area contributed by atoms with Gasteiger partial charge in [-0.2, -0.15) is 0 Å². The van der Waals surface area contributed by atoms with Crippen LogP contribution in [0.1, 0.15) is 146 Å². The Morgan fingerprint density at radius 1 is 1.07 bits per heavy atom. The molecule has 0 N–H and O–H groups in total. The maximum absolute atomic E-state index is 12.0. The predicted molar refractivity (Wildman–Crippen MR) is 188 cm³/mol. The highest BCUT2D eigenvalue weighted by Gasteiger charge is 2.41. The Hall–Kier alpha value is -2.20. The molecule has 0 bridgehead atoms. The Balaban J connectivity index is 0.000000232. The Bertz CT molecular complexity index is 1000. The van der Waals surface area contributed by atoms with Gasteiger partial charge in [0.2, 0.25) is 0 Å². The SMILES string of the molecule is C/C=C\C=NC(CC)c1cccc2c1CN(C)C2=O.C=CCCC1CCCCC1.CC.CC1CCN(C)CC12CCCC2. The van der Waals surface area contributed by atoms with Crippen molar-refractivity contribution in [1.82, 2.24) is 9.80 Å². The number of aliphatic imine (C=N–C) groups is 1. The van der Waals surface area contributed by atoms with E-state index in [1.165, 1.54) is 95.7 Å². The largest absolute Gasteiger partial charge is 0.337 e. The summed E-state index contributed by atoms with van der Waals surface area (Å²) in [5.74, 6) is 2.13. The van der Waals surface area contributed by atoms with E-state index in [-0.39, 0.29) is 11.9 Å². The molecule has 1 aromatic carbocycles. The lowest BCUT2D eigenvalue weighted by Gasteiger charge is -2.44. The summed E-state index contributed by atoms with van der Waals surface area (Å²) in [6.45, 7) is 17.7. The summed E-state index contributed by atoms with van der Waals surface area (Å²) in [7, 11) is 4.13. The fraction of sp³-hybridized carbons (Fsp3) is 0.692. The van der Waals surface area contributed by atoms with E-state index >= 15 is 0 Å². The minimum absolute atomic E-state index is 0.115. The lowest BCUT2D eigenvalue weighted by molar-refractivity contribution is 0.0556. The molecule has 43 heavy (non-hydrogen) atoms. The summed E-state index contributed by atoms with van der Waals surface area (Å²) in [6, 6.07) is 6.09. The quantitative estimate of drug-likeness (QED) is 0.234. The van der Waals surface area contributed by atoms with E-state index < -0.39 is 0 Å². The van der Waals surface area contributed by atoms with Crippen LogP contribution in [0.25, 0.3) is 0 Å². The second kappa shape index (κ2) is 20.0. The van der Waals surface area contributed by atoms with Gasteiger partial charge in [-0.15, -0.1) is 6.58 Å². The molecule has 2 unspecified atom stereocenters. The number of nitrogens with zero attached hydrogens (tertiary/aromatic N) is 3. The van der Waals surface area contributed by atoms with Gasteiger partial charge in [-0.1, -0.05) is 96.9 Å². The molecule has 4 aliphatic rings. The number of benzene rings is 1. The van der Waals surface area contributed by atoms with Crippen molar-refractivity contribution in [3.8, 4) is 0 Å². The molecule has 5 rings (SSSR count). The van der Waals surface area contributed by atoms with E-state index in [9.17, 15) is 4.79 Å². The molecule has 0 radical (unpaired) electrons. The first kappa shape index (κ1) is 37.0. The van der Waals surface area contributed by atoms with Gasteiger partial charge in [-0.05, 0) is 99.6 Å². The molecule has 1 amide bonds. The van der Waals surface area contributed by atoms with E-state index in [0.717, 1.165) is 34.8 Å². The van der Waals surface area contributed by atoms with Crippen LogP contribution in [0.3, 0.4) is 0 Å². The fourth-order valence-electron chi connectivity index (χ4n) is 7.51. The van der Waals surface area contributed by atoms with Crippen LogP contribution in [-0.2, 0) is 6.54 Å². The minimum atomic E-state index is 0.115. The number of carbonyl (C=O) groups is 1. The third-order valence-electron chi connectivity index (χ3n) is 10.2. The average molecular weight is 592 g/mol. The highest BCUT2D eigenvalue weighted by molar-refractivity contribution is 5.98. The first-order valence-electron chi connectivity index (χ1n) is 17.7. The highest BCUT2D eigenvalue weighted by atomic mass is 16.2. The lowest BCUT2D eigenvalue weighted by Crippen LogP contribution is -2.44. The van der Waals surface area contributed by atoms with E-state index in [4.69, 9.17) is 0 Å². The molecule has 0 aromatic heterocycles. The van der Waals surface area contributed by atoms with Gasteiger partial charge < -0.3 is 9.80 Å². The normalized spacial score (nSPS) is 22.3. The molecular weight excluding hydrogens is 526 g/mol. The van der Waals surface area contributed by atoms with E-state index in [1.54, 1.807) is 4.90 Å². The van der Waals surface area contributed by atoms with Crippen molar-refractivity contribution >= 4 is 12.1 Å². The van der Waals surface area contributed by atoms with Crippen molar-refractivity contribution in [3.63, 3.8) is 0 Å². The van der Waals surface area contributed by atoms with Crippen LogP contribution in [0.4, 0.5) is 0 Å². The van der Waals surface area contributed by atoms with Gasteiger partial charge in [0.25, 0.3) is 5.91 Å². The van der Waals surface area contributed by atoms with Crippen LogP contribution in [0.2, 0.25) is 0 Å². The number of hydrogen-bond acceptors (Lipinski definition) is 3. The molecule has 2 saturated carbocycles. The Morgan fingerprint density at radius 3 is 2.40 bits per heavy atom. The average Bonchev–Trinajstić information content (AvgIpc) is 3.62. The molecule has 1 aromatic rings. The lowest BCUT2D eigenvalue weighted by atomic mass is 9.71. The number of amides is 1. The van der Waals surface area contributed by atoms with Gasteiger partial charge in [-0.3, -0.25) is 9.79 Å². The summed E-state index contributed by atoms with van der Waals surface area (Å²) in [5, 5.41) is 0. The summed E-state index contributed by atoms with van der Waals surface area (Å²) < 4.78 is 0. The summed E-state index contributed by atoms with van der Waals surface area (Å²) in [5.41, 5.74) is 3.88. The van der Waals surface area contributed by atoms with Crippen LogP contribution in [0.5, 0.6) is 0 Å². The van der Waals surface area contributed by atoms with Crippen LogP contribution in [0, 0.1) is 17.3 Å². The first-order chi connectivity index (χ1) is 20.8. The third kappa shape index (κ3) is 11.0. The highest BCUT2D eigenvalue weighted by Crippen LogP contribution is 2.47. The van der Waals surface area contributed by atoms with Gasteiger partial charge >= 0.3 is 0 Å². The predicted octanol–water partition coefficient (Wildman–Crippen LogP) is 10.4. The maximum Gasteiger partial charge on any atom is 0.254 e. The molecule has 2 aliphatic heterocycles. The van der Waals surface area contributed by atoms with E-state index in [1.807, 2.05) is 58.3 Å². The zero-order chi connectivity index (χ0) is 31.7. The first-order valence-corrected chi connectivity index (χ1v) is 17.7. The van der Waals surface area contributed by atoms with Crippen molar-refractivity contribution in [2.45, 2.75) is 131 Å². The maximum atomic E-state index is 12.0. The molecule has 1 saturated heterocycles. The molecule has 1 spiro atoms. The van der Waals surface area contributed by atoms with Crippen molar-refractivity contribution in [2.24, 2.45) is 22.2 Å². The van der Waals surface area contributed by atoms with Gasteiger partial charge in [-0.25, -0.2) is 0 Å². The summed E-state index contributed by atoms with van der Waals surface area (Å²) >= 11 is 0. The van der Waals surface area contributed by atoms with Crippen LogP contribution >= 0.6 is 0 Å². The van der Waals surface area contributed by atoms with Crippen molar-refractivity contribution < 1.29 is 4.79 Å². The Labute approximate surface area is 266 Å². The number of allylic oxidation sites excluding steroid dienone is 3. The molecule has 4 nitrogen and oxygen atoms in total. The Kier molecular flexibility index (Phi) is 17.2. The summed E-state index contributed by atoms with van der Waals surface area (Å²) in [4.78, 5) is 20.9. The number of likely N-dealkylation sites (tertiary alicyclic amines) is 1. The molecular formula is C39H65N3O. The second-order valence-corrected chi connectivity index (χ2v) is 13.1. The standard InChI is InChI=1S/C16H20N2O.C11H21N.C10H18.C2H6/c1-4-6-10-17-15(5-2)12-8-7-9-13-14(12)11-18(3)16(13)19;1-10-5-8-12(2)9-11(10)6-3-4-7-11;1-2-3-7-10-8-5-4-6-9-10;1-2/h4,6-10,15H,5,11H2,1-3H3;10H,3-9H2,1-2H3;2,10H,1,3-9H2;1-2H3/b6-4-,17-10?;;;. The van der Waals surface area contributed by atoms with Gasteiger partial charge in [0.15, 0.2) is 0 Å². The molecule has 3 fully saturated rings. The van der Waals surface area contributed by atoms with Crippen LogP contribution in [0.15, 0.2) is 48.0 Å². The zero-order valence-electron chi connectivity index (χ0n) is 29.0. The zero-order valence-corrected chi connectivity index (χ0v) is 29.0. The van der Waals surface area contributed by atoms with Crippen LogP contribution in [-0.4, -0.2) is 49.1 Å². The summed E-state index contributed by atoms with van der Waals surface area (Å²) in [6.07, 6.45) is 26.1. The number of hydrogen-bond donors (Lipinski definition) is 0. The minimum Gasteiger partial charge on any atom is -0.337 e. The smallest absolute Gasteiger partial charge is 0.254 e. The molecule has 242 valence electrons. The number of rotatable bonds is 7. The van der Waals surface area contributed by atoms with Crippen molar-refractivity contribution in [3.05, 3.63) is 59.7 Å². The number of carbonyl (C=O) groups excluding carboxylic acids is 1. The molecule has 2 heterocycles. The van der Waals surface area contributed by atoms with Crippen molar-refractivity contribution in [2.75, 3.05) is 27.2 Å². The topological polar surface area (TPSA) is 35.9 Å². The monoisotopic (exact) mass is 592 g/mol. The fourth-order valence-corrected chi connectivity index (χ4v) is 7.51. The van der Waals surface area contributed by atoms with Crippen molar-refractivity contribution in [1.29, 1.82) is 0 Å². The molecule has 2 atom stereocenters. The van der Waals surface area contributed by atoms with Crippen LogP contribution < -0.4 is 0 Å². The number of fused-ring (bicyclic) bond motifs is 1. The van der Waals surface area contributed by atoms with E-state index in [0.29, 0.717) is 6.54 Å². The van der Waals surface area contributed by atoms with Gasteiger partial charge in [0.1, 0.15) is 0 Å². The number of piperidine rings is 1. The van der Waals surface area contributed by atoms with E-state index in [2.05, 4.69) is 49.5 Å². The Morgan fingerprint density at radius 2 is 1.77 bits per heavy atom. The third-order valence-corrected chi connectivity index (χ3v) is 10.2. The van der Waals surface area contributed by atoms with Gasteiger partial charge in [0, 0.05) is 31.9 Å².